The first-order chi connectivity index (χ1) is 11.7. The maximum Gasteiger partial charge on any atom is 0.151 e. The van der Waals surface area contributed by atoms with Crippen molar-refractivity contribution in [2.24, 2.45) is 0 Å². The molecule has 2 heterocycles. The number of nitrogens with one attached hydrogen (secondary N) is 1. The third-order valence-electron chi connectivity index (χ3n) is 4.51. The van der Waals surface area contributed by atoms with Crippen LogP contribution in [-0.2, 0) is 6.54 Å². The number of pyridine rings is 1. The number of methoxy groups -OCH3 is 1. The van der Waals surface area contributed by atoms with E-state index in [1.54, 1.807) is 7.11 Å². The van der Waals surface area contributed by atoms with Crippen LogP contribution in [0.1, 0.15) is 24.0 Å². The number of piperidine rings is 1. The zero-order chi connectivity index (χ0) is 16.9. The van der Waals surface area contributed by atoms with E-state index in [9.17, 15) is 5.11 Å². The third-order valence-corrected chi connectivity index (χ3v) is 4.51. The minimum atomic E-state index is -0.179. The van der Waals surface area contributed by atoms with Crippen molar-refractivity contribution in [3.8, 4) is 5.75 Å². The lowest BCUT2D eigenvalue weighted by molar-refractivity contribution is 0.145. The summed E-state index contributed by atoms with van der Waals surface area (Å²) < 4.78 is 5.39. The van der Waals surface area contributed by atoms with Crippen molar-refractivity contribution in [1.29, 1.82) is 0 Å². The van der Waals surface area contributed by atoms with Gasteiger partial charge in [-0.1, -0.05) is 12.1 Å². The first kappa shape index (κ1) is 16.6. The van der Waals surface area contributed by atoms with Crippen LogP contribution < -0.4 is 15.0 Å². The zero-order valence-corrected chi connectivity index (χ0v) is 14.3. The molecule has 0 radical (unpaired) electrons. The number of aryl methyl sites for hydroxylation is 1. The summed E-state index contributed by atoms with van der Waals surface area (Å²) in [4.78, 5) is 6.79. The van der Waals surface area contributed by atoms with Crippen LogP contribution in [0.3, 0.4) is 0 Å². The highest BCUT2D eigenvalue weighted by molar-refractivity contribution is 5.65. The molecule has 24 heavy (non-hydrogen) atoms. The quantitative estimate of drug-likeness (QED) is 0.884. The normalized spacial score (nSPS) is 15.4. The van der Waals surface area contributed by atoms with Gasteiger partial charge in [0.25, 0.3) is 0 Å². The van der Waals surface area contributed by atoms with Gasteiger partial charge in [0.05, 0.1) is 18.9 Å². The van der Waals surface area contributed by atoms with Gasteiger partial charge in [0, 0.05) is 25.8 Å². The Balaban J connectivity index is 1.71. The molecule has 0 aliphatic carbocycles. The smallest absolute Gasteiger partial charge is 0.151 e. The number of hydrogen-bond donors (Lipinski definition) is 2. The summed E-state index contributed by atoms with van der Waals surface area (Å²) in [6.45, 7) is 4.43. The number of aliphatic hydroxyl groups is 1. The third kappa shape index (κ3) is 3.79. The van der Waals surface area contributed by atoms with Gasteiger partial charge in [-0.15, -0.1) is 0 Å². The van der Waals surface area contributed by atoms with Gasteiger partial charge in [0.15, 0.2) is 5.82 Å². The molecule has 0 amide bonds. The lowest BCUT2D eigenvalue weighted by Crippen LogP contribution is -2.36. The minimum absolute atomic E-state index is 0.179. The predicted octanol–water partition coefficient (Wildman–Crippen LogP) is 2.97. The summed E-state index contributed by atoms with van der Waals surface area (Å²) in [6, 6.07) is 10.2. The summed E-state index contributed by atoms with van der Waals surface area (Å²) in [5.41, 5.74) is 3.32. The second-order valence-corrected chi connectivity index (χ2v) is 6.25. The summed E-state index contributed by atoms with van der Waals surface area (Å²) in [5.74, 6) is 1.87. The molecule has 1 aliphatic heterocycles. The first-order valence-electron chi connectivity index (χ1n) is 8.43. The average molecular weight is 327 g/mol. The minimum Gasteiger partial charge on any atom is -0.496 e. The lowest BCUT2D eigenvalue weighted by atomic mass is 10.1. The fraction of sp³-hybridized carbons (Fsp3) is 0.421. The van der Waals surface area contributed by atoms with E-state index in [0.29, 0.717) is 6.54 Å². The Labute approximate surface area is 143 Å². The van der Waals surface area contributed by atoms with Gasteiger partial charge in [0.1, 0.15) is 5.75 Å². The molecule has 0 saturated carbocycles. The number of ether oxygens (including phenoxy) is 1. The van der Waals surface area contributed by atoms with Gasteiger partial charge in [-0.05, 0) is 49.1 Å². The van der Waals surface area contributed by atoms with Crippen molar-refractivity contribution in [3.05, 3.63) is 47.7 Å². The van der Waals surface area contributed by atoms with Crippen LogP contribution >= 0.6 is 0 Å². The number of anilines is 2. The van der Waals surface area contributed by atoms with Gasteiger partial charge in [-0.3, -0.25) is 0 Å². The van der Waals surface area contributed by atoms with Crippen LogP contribution in [0.25, 0.3) is 0 Å². The number of hydrogen-bond acceptors (Lipinski definition) is 5. The second-order valence-electron chi connectivity index (χ2n) is 6.25. The topological polar surface area (TPSA) is 57.6 Å². The van der Waals surface area contributed by atoms with Crippen molar-refractivity contribution in [2.45, 2.75) is 32.4 Å². The van der Waals surface area contributed by atoms with Crippen molar-refractivity contribution in [1.82, 2.24) is 4.98 Å². The van der Waals surface area contributed by atoms with Gasteiger partial charge in [0.2, 0.25) is 0 Å². The Morgan fingerprint density at radius 3 is 2.83 bits per heavy atom. The number of benzene rings is 1. The van der Waals surface area contributed by atoms with Crippen LogP contribution in [0.5, 0.6) is 5.75 Å². The van der Waals surface area contributed by atoms with E-state index in [-0.39, 0.29) is 6.10 Å². The van der Waals surface area contributed by atoms with Crippen LogP contribution in [0.4, 0.5) is 11.5 Å². The Morgan fingerprint density at radius 1 is 1.29 bits per heavy atom. The molecule has 3 rings (SSSR count). The van der Waals surface area contributed by atoms with E-state index in [2.05, 4.69) is 39.5 Å². The van der Waals surface area contributed by atoms with Crippen molar-refractivity contribution >= 4 is 11.5 Å². The summed E-state index contributed by atoms with van der Waals surface area (Å²) in [7, 11) is 1.70. The van der Waals surface area contributed by atoms with Crippen molar-refractivity contribution in [2.75, 3.05) is 30.4 Å². The maximum atomic E-state index is 9.69. The van der Waals surface area contributed by atoms with Crippen LogP contribution in [0, 0.1) is 6.92 Å². The van der Waals surface area contributed by atoms with Gasteiger partial charge in [-0.25, -0.2) is 4.98 Å². The van der Waals surface area contributed by atoms with E-state index in [1.807, 2.05) is 19.2 Å². The predicted molar refractivity (Wildman–Crippen MR) is 96.7 cm³/mol. The summed E-state index contributed by atoms with van der Waals surface area (Å²) >= 11 is 0. The van der Waals surface area contributed by atoms with E-state index in [1.165, 1.54) is 5.56 Å². The van der Waals surface area contributed by atoms with Crippen molar-refractivity contribution < 1.29 is 9.84 Å². The van der Waals surface area contributed by atoms with Gasteiger partial charge in [-0.2, -0.15) is 0 Å². The molecule has 0 unspecified atom stereocenters. The van der Waals surface area contributed by atoms with Gasteiger partial charge < -0.3 is 20.1 Å². The Kier molecular flexibility index (Phi) is 5.20. The van der Waals surface area contributed by atoms with E-state index < -0.39 is 0 Å². The summed E-state index contributed by atoms with van der Waals surface area (Å²) in [6.07, 6.45) is 3.23. The van der Waals surface area contributed by atoms with Crippen molar-refractivity contribution in [3.63, 3.8) is 0 Å². The Hall–Kier alpha value is -2.27. The second kappa shape index (κ2) is 7.53. The molecule has 1 aromatic heterocycles. The van der Waals surface area contributed by atoms with Crippen LogP contribution in [0.15, 0.2) is 36.5 Å². The molecule has 1 fully saturated rings. The molecule has 0 atom stereocenters. The van der Waals surface area contributed by atoms with E-state index >= 15 is 0 Å². The first-order valence-corrected chi connectivity index (χ1v) is 8.43. The molecule has 2 N–H and O–H groups in total. The Bertz CT molecular complexity index is 682. The highest BCUT2D eigenvalue weighted by atomic mass is 16.5. The molecular formula is C19H25N3O2. The number of nitrogens with zero attached hydrogens (tertiary/aromatic N) is 2. The molecular weight excluding hydrogens is 302 g/mol. The molecule has 1 aliphatic rings. The van der Waals surface area contributed by atoms with E-state index in [0.717, 1.165) is 48.7 Å². The van der Waals surface area contributed by atoms with Gasteiger partial charge >= 0.3 is 0 Å². The monoisotopic (exact) mass is 327 g/mol. The fourth-order valence-corrected chi connectivity index (χ4v) is 3.04. The number of aromatic nitrogens is 1. The van der Waals surface area contributed by atoms with E-state index in [4.69, 9.17) is 4.74 Å². The average Bonchev–Trinajstić information content (AvgIpc) is 2.62. The largest absolute Gasteiger partial charge is 0.496 e. The molecule has 0 spiro atoms. The highest BCUT2D eigenvalue weighted by Crippen LogP contribution is 2.27. The standard InChI is InChI=1S/C19H25N3O2/c1-14-5-6-15(12-18(14)24-2)13-21-17-4-3-9-20-19(17)22-10-7-16(23)8-11-22/h3-6,9,12,16,21,23H,7-8,10-11,13H2,1-2H3. The summed E-state index contributed by atoms with van der Waals surface area (Å²) in [5, 5.41) is 13.2. The SMILES string of the molecule is COc1cc(CNc2cccnc2N2CCC(O)CC2)ccc1C. The molecule has 1 saturated heterocycles. The molecule has 128 valence electrons. The number of aliphatic hydroxyl groups excluding tert-OH is 1. The number of rotatable bonds is 5. The Morgan fingerprint density at radius 2 is 2.08 bits per heavy atom. The maximum absolute atomic E-state index is 9.69. The lowest BCUT2D eigenvalue weighted by Gasteiger charge is -2.31. The fourth-order valence-electron chi connectivity index (χ4n) is 3.04. The molecule has 2 aromatic rings. The zero-order valence-electron chi connectivity index (χ0n) is 14.3. The molecule has 1 aromatic carbocycles. The molecule has 5 nitrogen and oxygen atoms in total. The van der Waals surface area contributed by atoms with Crippen LogP contribution in [0.2, 0.25) is 0 Å². The molecule has 0 bridgehead atoms. The van der Waals surface area contributed by atoms with Crippen LogP contribution in [-0.4, -0.2) is 36.4 Å². The highest BCUT2D eigenvalue weighted by Gasteiger charge is 2.20. The molecule has 5 heteroatoms.